The van der Waals surface area contributed by atoms with E-state index in [1.54, 1.807) is 7.11 Å². The topological polar surface area (TPSA) is 37.0 Å². The number of hydrogen-bond acceptors (Lipinski definition) is 2. The van der Waals surface area contributed by atoms with E-state index in [0.717, 1.165) is 32.7 Å². The van der Waals surface area contributed by atoms with Gasteiger partial charge in [-0.2, -0.15) is 0 Å². The number of hydrogen-bond donors (Lipinski definition) is 2. The number of benzene rings is 3. The molecule has 0 saturated heterocycles. The quantitative estimate of drug-likeness (QED) is 0.389. The second-order valence-corrected chi connectivity index (χ2v) is 7.45. The third-order valence-corrected chi connectivity index (χ3v) is 5.37. The minimum Gasteiger partial charge on any atom is -0.496 e. The molecule has 27 heavy (non-hydrogen) atoms. The van der Waals surface area contributed by atoms with Gasteiger partial charge in [-0.3, -0.25) is 0 Å². The molecule has 0 radical (unpaired) electrons. The molecular formula is C23H21BrN2O. The van der Waals surface area contributed by atoms with Crippen molar-refractivity contribution < 1.29 is 4.74 Å². The standard InChI is InChI=1S/C23H21BrN2O/c1-15-22(18-7-3-5-9-20(18)25-15)23(19-8-4-6-10-21(19)27-2)26-17-13-11-16(24)12-14-17/h3-14,23,25-26H,1-2H3. The van der Waals surface area contributed by atoms with Crippen LogP contribution in [-0.2, 0) is 0 Å². The number of aromatic amines is 1. The monoisotopic (exact) mass is 420 g/mol. The Morgan fingerprint density at radius 3 is 2.41 bits per heavy atom. The van der Waals surface area contributed by atoms with Crippen LogP contribution < -0.4 is 10.1 Å². The van der Waals surface area contributed by atoms with Gasteiger partial charge in [-0.1, -0.05) is 52.3 Å². The molecule has 4 aromatic rings. The highest BCUT2D eigenvalue weighted by atomic mass is 79.9. The van der Waals surface area contributed by atoms with Crippen molar-refractivity contribution in [3.05, 3.63) is 94.1 Å². The summed E-state index contributed by atoms with van der Waals surface area (Å²) in [7, 11) is 1.72. The van der Waals surface area contributed by atoms with Gasteiger partial charge < -0.3 is 15.0 Å². The van der Waals surface area contributed by atoms with Crippen LogP contribution >= 0.6 is 15.9 Å². The number of para-hydroxylation sites is 2. The highest BCUT2D eigenvalue weighted by molar-refractivity contribution is 9.10. The van der Waals surface area contributed by atoms with E-state index >= 15 is 0 Å². The van der Waals surface area contributed by atoms with E-state index in [1.807, 2.05) is 24.3 Å². The first-order valence-electron chi connectivity index (χ1n) is 8.89. The summed E-state index contributed by atoms with van der Waals surface area (Å²) in [6.45, 7) is 2.13. The first kappa shape index (κ1) is 17.7. The molecule has 0 amide bonds. The van der Waals surface area contributed by atoms with Gasteiger partial charge in [0.1, 0.15) is 5.75 Å². The van der Waals surface area contributed by atoms with Crippen LogP contribution in [-0.4, -0.2) is 12.1 Å². The molecule has 0 aliphatic rings. The lowest BCUT2D eigenvalue weighted by atomic mass is 9.95. The average Bonchev–Trinajstić information content (AvgIpc) is 3.03. The summed E-state index contributed by atoms with van der Waals surface area (Å²) in [5.74, 6) is 0.872. The smallest absolute Gasteiger partial charge is 0.124 e. The Morgan fingerprint density at radius 2 is 1.63 bits per heavy atom. The maximum Gasteiger partial charge on any atom is 0.124 e. The Labute approximate surface area is 167 Å². The second-order valence-electron chi connectivity index (χ2n) is 6.54. The number of methoxy groups -OCH3 is 1. The van der Waals surface area contributed by atoms with Crippen molar-refractivity contribution in [1.29, 1.82) is 0 Å². The van der Waals surface area contributed by atoms with Crippen molar-refractivity contribution >= 4 is 32.5 Å². The fourth-order valence-corrected chi connectivity index (χ4v) is 3.86. The molecule has 3 aromatic carbocycles. The third kappa shape index (κ3) is 3.45. The molecule has 1 heterocycles. The Balaban J connectivity index is 1.89. The number of H-pyrrole nitrogens is 1. The summed E-state index contributed by atoms with van der Waals surface area (Å²) >= 11 is 3.51. The van der Waals surface area contributed by atoms with Gasteiger partial charge in [-0.05, 0) is 43.3 Å². The van der Waals surface area contributed by atoms with Gasteiger partial charge in [0.15, 0.2) is 0 Å². The third-order valence-electron chi connectivity index (χ3n) is 4.84. The maximum atomic E-state index is 5.68. The van der Waals surface area contributed by atoms with E-state index in [2.05, 4.69) is 81.7 Å². The summed E-state index contributed by atoms with van der Waals surface area (Å²) in [5.41, 5.74) is 5.69. The van der Waals surface area contributed by atoms with Crippen molar-refractivity contribution in [2.45, 2.75) is 13.0 Å². The van der Waals surface area contributed by atoms with Crippen LogP contribution in [0, 0.1) is 6.92 Å². The zero-order valence-corrected chi connectivity index (χ0v) is 16.9. The minimum absolute atomic E-state index is 0.0431. The van der Waals surface area contributed by atoms with E-state index in [1.165, 1.54) is 10.9 Å². The lowest BCUT2D eigenvalue weighted by Gasteiger charge is -2.23. The zero-order chi connectivity index (χ0) is 18.8. The van der Waals surface area contributed by atoms with Gasteiger partial charge in [-0.15, -0.1) is 0 Å². The average molecular weight is 421 g/mol. The fraction of sp³-hybridized carbons (Fsp3) is 0.130. The number of aryl methyl sites for hydroxylation is 1. The Bertz CT molecular complexity index is 1070. The van der Waals surface area contributed by atoms with Crippen LogP contribution in [0.25, 0.3) is 10.9 Å². The minimum atomic E-state index is -0.0431. The number of nitrogens with one attached hydrogen (secondary N) is 2. The fourth-order valence-electron chi connectivity index (χ4n) is 3.59. The van der Waals surface area contributed by atoms with Crippen molar-refractivity contribution in [3.63, 3.8) is 0 Å². The number of anilines is 1. The van der Waals surface area contributed by atoms with Gasteiger partial charge >= 0.3 is 0 Å². The van der Waals surface area contributed by atoms with Gasteiger partial charge in [0, 0.05) is 37.9 Å². The second kappa shape index (κ2) is 7.49. The molecule has 1 atom stereocenters. The Morgan fingerprint density at radius 1 is 0.926 bits per heavy atom. The summed E-state index contributed by atoms with van der Waals surface area (Å²) in [6.07, 6.45) is 0. The van der Waals surface area contributed by atoms with Crippen LogP contribution in [0.15, 0.2) is 77.3 Å². The van der Waals surface area contributed by atoms with Gasteiger partial charge in [0.2, 0.25) is 0 Å². The van der Waals surface area contributed by atoms with Crippen LogP contribution in [0.5, 0.6) is 5.75 Å². The van der Waals surface area contributed by atoms with Crippen LogP contribution in [0.4, 0.5) is 5.69 Å². The normalized spacial score (nSPS) is 12.1. The first-order valence-corrected chi connectivity index (χ1v) is 9.69. The number of fused-ring (bicyclic) bond motifs is 1. The SMILES string of the molecule is COc1ccccc1C(Nc1ccc(Br)cc1)c1c(C)[nH]c2ccccc12. The van der Waals surface area contributed by atoms with Crippen molar-refractivity contribution in [2.24, 2.45) is 0 Å². The molecule has 0 aliphatic heterocycles. The molecule has 0 fully saturated rings. The Kier molecular flexibility index (Phi) is 4.90. The number of halogens is 1. The van der Waals surface area contributed by atoms with Crippen LogP contribution in [0.1, 0.15) is 22.9 Å². The van der Waals surface area contributed by atoms with Gasteiger partial charge in [0.25, 0.3) is 0 Å². The van der Waals surface area contributed by atoms with E-state index in [-0.39, 0.29) is 6.04 Å². The Hall–Kier alpha value is -2.72. The summed E-state index contributed by atoms with van der Waals surface area (Å²) in [5, 5.41) is 4.93. The maximum absolute atomic E-state index is 5.68. The molecule has 4 heteroatoms. The summed E-state index contributed by atoms with van der Waals surface area (Å²) in [4.78, 5) is 3.52. The summed E-state index contributed by atoms with van der Waals surface area (Å²) in [6, 6.07) is 24.8. The number of ether oxygens (including phenoxy) is 1. The molecule has 0 saturated carbocycles. The van der Waals surface area contributed by atoms with E-state index in [4.69, 9.17) is 4.74 Å². The molecule has 2 N–H and O–H groups in total. The lowest BCUT2D eigenvalue weighted by Crippen LogP contribution is -2.14. The van der Waals surface area contributed by atoms with Crippen molar-refractivity contribution in [2.75, 3.05) is 12.4 Å². The largest absolute Gasteiger partial charge is 0.496 e. The molecule has 1 unspecified atom stereocenters. The molecule has 1 aromatic heterocycles. The van der Waals surface area contributed by atoms with Gasteiger partial charge in [-0.25, -0.2) is 0 Å². The zero-order valence-electron chi connectivity index (χ0n) is 15.3. The molecule has 0 aliphatic carbocycles. The molecular weight excluding hydrogens is 400 g/mol. The van der Waals surface area contributed by atoms with Gasteiger partial charge in [0.05, 0.1) is 13.2 Å². The van der Waals surface area contributed by atoms with Crippen LogP contribution in [0.3, 0.4) is 0 Å². The number of aromatic nitrogens is 1. The summed E-state index contributed by atoms with van der Waals surface area (Å²) < 4.78 is 6.74. The molecule has 0 bridgehead atoms. The van der Waals surface area contributed by atoms with Crippen LogP contribution in [0.2, 0.25) is 0 Å². The van der Waals surface area contributed by atoms with E-state index in [0.29, 0.717) is 0 Å². The molecule has 3 nitrogen and oxygen atoms in total. The first-order chi connectivity index (χ1) is 13.2. The van der Waals surface area contributed by atoms with Crippen molar-refractivity contribution in [3.8, 4) is 5.75 Å². The predicted molar refractivity (Wildman–Crippen MR) is 116 cm³/mol. The van der Waals surface area contributed by atoms with E-state index in [9.17, 15) is 0 Å². The van der Waals surface area contributed by atoms with Crippen molar-refractivity contribution in [1.82, 2.24) is 4.98 Å². The highest BCUT2D eigenvalue weighted by Crippen LogP contribution is 2.38. The highest BCUT2D eigenvalue weighted by Gasteiger charge is 2.23. The lowest BCUT2D eigenvalue weighted by molar-refractivity contribution is 0.408. The molecule has 4 rings (SSSR count). The molecule has 136 valence electrons. The number of rotatable bonds is 5. The predicted octanol–water partition coefficient (Wildman–Crippen LogP) is 6.45. The van der Waals surface area contributed by atoms with E-state index < -0.39 is 0 Å². The molecule has 0 spiro atoms.